The van der Waals surface area contributed by atoms with Crippen LogP contribution in [0.2, 0.25) is 0 Å². The van der Waals surface area contributed by atoms with Crippen molar-refractivity contribution in [3.63, 3.8) is 0 Å². The Morgan fingerprint density at radius 2 is 2.06 bits per heavy atom. The number of primary amides is 1. The maximum atomic E-state index is 12.4. The summed E-state index contributed by atoms with van der Waals surface area (Å²) in [7, 11) is 4.09. The van der Waals surface area contributed by atoms with Gasteiger partial charge < -0.3 is 20.5 Å². The van der Waals surface area contributed by atoms with Crippen LogP contribution in [0.1, 0.15) is 48.0 Å². The molecule has 0 spiro atoms. The minimum absolute atomic E-state index is 0.439. The third-order valence-electron chi connectivity index (χ3n) is 6.85. The molecule has 1 aliphatic heterocycles. The molecule has 1 aliphatic carbocycles. The van der Waals surface area contributed by atoms with E-state index in [4.69, 9.17) is 10.7 Å². The lowest BCUT2D eigenvalue weighted by Gasteiger charge is -2.35. The van der Waals surface area contributed by atoms with Crippen LogP contribution in [0.3, 0.4) is 0 Å². The van der Waals surface area contributed by atoms with E-state index in [0.717, 1.165) is 46.1 Å². The molecule has 7 nitrogen and oxygen atoms in total. The van der Waals surface area contributed by atoms with Crippen LogP contribution in [0, 0.1) is 0 Å². The van der Waals surface area contributed by atoms with Gasteiger partial charge in [-0.3, -0.25) is 4.79 Å². The van der Waals surface area contributed by atoms with Gasteiger partial charge in [0.2, 0.25) is 0 Å². The highest BCUT2D eigenvalue weighted by Gasteiger charge is 2.24. The highest BCUT2D eigenvalue weighted by atomic mass is 32.2. The summed E-state index contributed by atoms with van der Waals surface area (Å²) in [5.74, 6) is 0.420. The number of hydrogen-bond donors (Lipinski definition) is 2. The van der Waals surface area contributed by atoms with E-state index in [1.165, 1.54) is 37.7 Å². The van der Waals surface area contributed by atoms with Crippen molar-refractivity contribution in [1.82, 2.24) is 19.8 Å². The van der Waals surface area contributed by atoms with Gasteiger partial charge in [0.05, 0.1) is 35.0 Å². The molecule has 8 heteroatoms. The topological polar surface area (TPSA) is 90.6 Å². The van der Waals surface area contributed by atoms with Crippen LogP contribution in [0.25, 0.3) is 22.2 Å². The monoisotopic (exact) mass is 476 g/mol. The van der Waals surface area contributed by atoms with Crippen molar-refractivity contribution in [2.24, 2.45) is 10.7 Å². The van der Waals surface area contributed by atoms with E-state index in [1.807, 2.05) is 20.4 Å². The van der Waals surface area contributed by atoms with Gasteiger partial charge in [0, 0.05) is 35.3 Å². The fourth-order valence-electron chi connectivity index (χ4n) is 5.00. The lowest BCUT2D eigenvalue weighted by Crippen LogP contribution is -2.36. The SMILES string of the molecule is CN(C)CCSc1cc(-c2ccc3c(c2)N=CN(C2CCCCC2)C3)c2nc[nH]c2c1C(N)=O. The molecule has 1 fully saturated rings. The number of rotatable bonds is 7. The first-order valence-electron chi connectivity index (χ1n) is 12.0. The van der Waals surface area contributed by atoms with Gasteiger partial charge >= 0.3 is 0 Å². The minimum Gasteiger partial charge on any atom is -0.365 e. The Hall–Kier alpha value is -2.84. The second-order valence-electron chi connectivity index (χ2n) is 9.49. The van der Waals surface area contributed by atoms with Gasteiger partial charge in [0.1, 0.15) is 0 Å². The fraction of sp³-hybridized carbons (Fsp3) is 0.423. The third kappa shape index (κ3) is 4.57. The molecule has 3 aromatic rings. The number of thioether (sulfide) groups is 1. The summed E-state index contributed by atoms with van der Waals surface area (Å²) < 4.78 is 0. The molecule has 34 heavy (non-hydrogen) atoms. The zero-order valence-electron chi connectivity index (χ0n) is 19.9. The largest absolute Gasteiger partial charge is 0.365 e. The van der Waals surface area contributed by atoms with Crippen molar-refractivity contribution in [1.29, 1.82) is 0 Å². The Kier molecular flexibility index (Phi) is 6.61. The average molecular weight is 477 g/mol. The standard InChI is InChI=1S/C26H32N6OS/c1-31(2)10-11-34-22-13-20(24-25(29-15-28-24)23(22)26(27)33)17-8-9-18-14-32(16-30-21(18)12-17)19-6-4-3-5-7-19/h8-9,12-13,15-16,19H,3-7,10-11,14H2,1-2H3,(H2,27,33)(H,28,29). The molecule has 3 N–H and O–H groups in total. The third-order valence-corrected chi connectivity index (χ3v) is 7.87. The Morgan fingerprint density at radius 1 is 1.24 bits per heavy atom. The molecule has 0 unspecified atom stereocenters. The first-order chi connectivity index (χ1) is 16.5. The highest BCUT2D eigenvalue weighted by molar-refractivity contribution is 7.99. The van der Waals surface area contributed by atoms with Gasteiger partial charge in [-0.15, -0.1) is 11.8 Å². The van der Waals surface area contributed by atoms with Crippen molar-refractivity contribution in [2.45, 2.75) is 49.6 Å². The van der Waals surface area contributed by atoms with E-state index >= 15 is 0 Å². The number of aliphatic imine (C=N–C) groups is 1. The summed E-state index contributed by atoms with van der Waals surface area (Å²) in [5.41, 5.74) is 12.1. The van der Waals surface area contributed by atoms with Crippen molar-refractivity contribution >= 4 is 40.7 Å². The average Bonchev–Trinajstić information content (AvgIpc) is 3.32. The molecule has 2 aromatic carbocycles. The fourth-order valence-corrected chi connectivity index (χ4v) is 6.22. The van der Waals surface area contributed by atoms with Crippen LogP contribution in [0.4, 0.5) is 5.69 Å². The van der Waals surface area contributed by atoms with E-state index in [9.17, 15) is 4.79 Å². The number of nitrogens with one attached hydrogen (secondary N) is 1. The number of amides is 1. The van der Waals surface area contributed by atoms with Crippen LogP contribution < -0.4 is 5.73 Å². The van der Waals surface area contributed by atoms with Crippen molar-refractivity contribution in [2.75, 3.05) is 26.4 Å². The van der Waals surface area contributed by atoms with Crippen LogP contribution in [-0.2, 0) is 6.54 Å². The summed E-state index contributed by atoms with van der Waals surface area (Å²) >= 11 is 1.65. The number of aromatic nitrogens is 2. The maximum Gasteiger partial charge on any atom is 0.252 e. The molecular formula is C26H32N6OS. The first-order valence-corrected chi connectivity index (χ1v) is 13.0. The zero-order chi connectivity index (χ0) is 23.7. The van der Waals surface area contributed by atoms with Crippen LogP contribution in [-0.4, -0.2) is 64.4 Å². The number of H-pyrrole nitrogens is 1. The molecule has 2 heterocycles. The van der Waals surface area contributed by atoms with Crippen molar-refractivity contribution < 1.29 is 4.79 Å². The van der Waals surface area contributed by atoms with Crippen molar-refractivity contribution in [3.8, 4) is 11.1 Å². The van der Waals surface area contributed by atoms with Gasteiger partial charge in [-0.2, -0.15) is 0 Å². The van der Waals surface area contributed by atoms with Gasteiger partial charge in [0.15, 0.2) is 0 Å². The van der Waals surface area contributed by atoms with Gasteiger partial charge in [-0.25, -0.2) is 9.98 Å². The van der Waals surface area contributed by atoms with Gasteiger partial charge in [-0.1, -0.05) is 31.4 Å². The molecule has 5 rings (SSSR count). The second kappa shape index (κ2) is 9.80. The second-order valence-corrected chi connectivity index (χ2v) is 10.6. The summed E-state index contributed by atoms with van der Waals surface area (Å²) in [4.78, 5) is 30.3. The molecule has 178 valence electrons. The number of carbonyl (C=O) groups is 1. The van der Waals surface area contributed by atoms with E-state index < -0.39 is 5.91 Å². The number of carbonyl (C=O) groups excluding carboxylic acids is 1. The normalized spacial score (nSPS) is 16.4. The Balaban J connectivity index is 1.50. The smallest absolute Gasteiger partial charge is 0.252 e. The lowest BCUT2D eigenvalue weighted by molar-refractivity contribution is 0.0999. The summed E-state index contributed by atoms with van der Waals surface area (Å²) in [6.45, 7) is 1.82. The van der Waals surface area contributed by atoms with Crippen molar-refractivity contribution in [3.05, 3.63) is 41.7 Å². The quantitative estimate of drug-likeness (QED) is 0.479. The summed E-state index contributed by atoms with van der Waals surface area (Å²) in [6.07, 6.45) is 10.2. The summed E-state index contributed by atoms with van der Waals surface area (Å²) in [6, 6.07) is 9.16. The number of nitrogens with two attached hydrogens (primary N) is 1. The van der Waals surface area contributed by atoms with Crippen LogP contribution in [0.15, 0.2) is 40.5 Å². The van der Waals surface area contributed by atoms with E-state index in [-0.39, 0.29) is 0 Å². The van der Waals surface area contributed by atoms with Gasteiger partial charge in [-0.05, 0) is 50.2 Å². The zero-order valence-corrected chi connectivity index (χ0v) is 20.7. The number of nitrogens with zero attached hydrogens (tertiary/aromatic N) is 4. The lowest BCUT2D eigenvalue weighted by atomic mass is 9.93. The molecule has 0 saturated heterocycles. The molecule has 2 aliphatic rings. The molecule has 0 bridgehead atoms. The summed E-state index contributed by atoms with van der Waals surface area (Å²) in [5, 5.41) is 0. The van der Waals surface area contributed by atoms with E-state index in [2.05, 4.69) is 44.0 Å². The highest BCUT2D eigenvalue weighted by Crippen LogP contribution is 2.38. The maximum absolute atomic E-state index is 12.4. The predicted octanol–water partition coefficient (Wildman–Crippen LogP) is 4.79. The number of hydrogen-bond acceptors (Lipinski definition) is 6. The molecule has 1 saturated carbocycles. The number of aromatic amines is 1. The Labute approximate surface area is 204 Å². The van der Waals surface area contributed by atoms with Gasteiger partial charge in [0.25, 0.3) is 5.91 Å². The minimum atomic E-state index is -0.439. The predicted molar refractivity (Wildman–Crippen MR) is 140 cm³/mol. The molecule has 1 amide bonds. The Morgan fingerprint density at radius 3 is 2.82 bits per heavy atom. The van der Waals surface area contributed by atoms with E-state index in [0.29, 0.717) is 17.1 Å². The number of imidazole rings is 1. The molecular weight excluding hydrogens is 444 g/mol. The number of fused-ring (bicyclic) bond motifs is 2. The molecule has 0 radical (unpaired) electrons. The van der Waals surface area contributed by atoms with Crippen LogP contribution in [0.5, 0.6) is 0 Å². The Bertz CT molecular complexity index is 1230. The van der Waals surface area contributed by atoms with Crippen LogP contribution >= 0.6 is 11.8 Å². The first kappa shape index (κ1) is 22.9. The van der Waals surface area contributed by atoms with E-state index in [1.54, 1.807) is 18.1 Å². The number of benzene rings is 2. The molecule has 0 atom stereocenters. The molecule has 1 aromatic heterocycles.